The average molecular weight is 463 g/mol. The Kier molecular flexibility index (Phi) is 6.46. The van der Waals surface area contributed by atoms with Crippen molar-refractivity contribution in [1.82, 2.24) is 0 Å². The molecule has 0 aromatic heterocycles. The molecule has 0 aliphatic carbocycles. The van der Waals surface area contributed by atoms with Crippen molar-refractivity contribution in [2.45, 2.75) is 18.7 Å². The summed E-state index contributed by atoms with van der Waals surface area (Å²) >= 11 is 0. The Bertz CT molecular complexity index is 1010. The number of rotatable bonds is 8. The molecule has 0 saturated carbocycles. The molecular formula is C21H22F5NO3S. The van der Waals surface area contributed by atoms with Gasteiger partial charge in [0.05, 0.1) is 7.11 Å². The van der Waals surface area contributed by atoms with Crippen LogP contribution in [0.1, 0.15) is 19.4 Å². The number of benzene rings is 2. The predicted octanol–water partition coefficient (Wildman–Crippen LogP) is 7.35. The first-order chi connectivity index (χ1) is 14.2. The number of hydrogen-bond donors (Lipinski definition) is 1. The zero-order valence-corrected chi connectivity index (χ0v) is 17.8. The second kappa shape index (κ2) is 8.26. The van der Waals surface area contributed by atoms with E-state index in [1.165, 1.54) is 13.2 Å². The molecule has 0 atom stereocenters. The van der Waals surface area contributed by atoms with Gasteiger partial charge < -0.3 is 14.8 Å². The fourth-order valence-electron chi connectivity index (χ4n) is 2.36. The second-order valence-corrected chi connectivity index (χ2v) is 9.23. The number of anilines is 1. The molecule has 0 fully saturated rings. The highest BCUT2D eigenvalue weighted by Crippen LogP contribution is 3.02. The molecular weight excluding hydrogens is 441 g/mol. The van der Waals surface area contributed by atoms with E-state index in [2.05, 4.69) is 5.32 Å². The maximum absolute atomic E-state index is 12.7. The van der Waals surface area contributed by atoms with Gasteiger partial charge in [-0.15, -0.1) is 0 Å². The highest BCUT2D eigenvalue weighted by molar-refractivity contribution is 8.45. The summed E-state index contributed by atoms with van der Waals surface area (Å²) in [6, 6.07) is 7.01. The van der Waals surface area contributed by atoms with Crippen molar-refractivity contribution in [3.05, 3.63) is 65.8 Å². The molecule has 0 aliphatic rings. The van der Waals surface area contributed by atoms with Crippen molar-refractivity contribution >= 4 is 27.9 Å². The quantitative estimate of drug-likeness (QED) is 0.253. The number of amides is 1. The molecule has 31 heavy (non-hydrogen) atoms. The van der Waals surface area contributed by atoms with Crippen LogP contribution in [0.5, 0.6) is 11.5 Å². The predicted molar refractivity (Wildman–Crippen MR) is 113 cm³/mol. The van der Waals surface area contributed by atoms with Gasteiger partial charge in [-0.1, -0.05) is 31.1 Å². The van der Waals surface area contributed by atoms with E-state index in [-0.39, 0.29) is 17.8 Å². The molecule has 2 rings (SSSR count). The molecule has 4 nitrogen and oxygen atoms in total. The average Bonchev–Trinajstić information content (AvgIpc) is 2.65. The summed E-state index contributed by atoms with van der Waals surface area (Å²) in [7, 11) is -8.27. The maximum Gasteiger partial charge on any atom is 0.310 e. The fourth-order valence-corrected chi connectivity index (χ4v) is 3.01. The topological polar surface area (TPSA) is 47.6 Å². The Morgan fingerprint density at radius 2 is 1.65 bits per heavy atom. The van der Waals surface area contributed by atoms with E-state index in [0.29, 0.717) is 23.7 Å². The van der Waals surface area contributed by atoms with Crippen LogP contribution < -0.4 is 14.8 Å². The van der Waals surface area contributed by atoms with Crippen molar-refractivity contribution < 1.29 is 33.7 Å². The number of allylic oxidation sites excluding steroid dienone is 1. The molecule has 2 aromatic carbocycles. The summed E-state index contributed by atoms with van der Waals surface area (Å²) in [4.78, 5) is 9.98. The maximum atomic E-state index is 12.7. The molecule has 0 aliphatic heterocycles. The molecule has 1 amide bonds. The van der Waals surface area contributed by atoms with Crippen LogP contribution in [0.2, 0.25) is 0 Å². The Hall–Kier alpha value is -3.01. The van der Waals surface area contributed by atoms with Gasteiger partial charge in [0.1, 0.15) is 11.5 Å². The van der Waals surface area contributed by atoms with E-state index in [4.69, 9.17) is 9.47 Å². The van der Waals surface area contributed by atoms with Gasteiger partial charge in [0, 0.05) is 11.8 Å². The molecule has 1 N–H and O–H groups in total. The van der Waals surface area contributed by atoms with Gasteiger partial charge in [0.2, 0.25) is 5.91 Å². The molecule has 0 bridgehead atoms. The van der Waals surface area contributed by atoms with Crippen LogP contribution in [0.4, 0.5) is 25.1 Å². The van der Waals surface area contributed by atoms with Gasteiger partial charge in [-0.3, -0.25) is 4.79 Å². The van der Waals surface area contributed by atoms with E-state index < -0.39 is 21.0 Å². The smallest absolute Gasteiger partial charge is 0.310 e. The first kappa shape index (κ1) is 24.3. The van der Waals surface area contributed by atoms with Crippen LogP contribution in [-0.4, -0.2) is 19.6 Å². The molecule has 0 heterocycles. The van der Waals surface area contributed by atoms with E-state index in [1.807, 2.05) is 19.9 Å². The third-order valence-corrected chi connectivity index (χ3v) is 5.08. The fraction of sp³-hybridized carbons (Fsp3) is 0.190. The molecule has 0 radical (unpaired) electrons. The van der Waals surface area contributed by atoms with Crippen molar-refractivity contribution in [3.63, 3.8) is 0 Å². The summed E-state index contributed by atoms with van der Waals surface area (Å²) in [5, 5.41) is 2.31. The summed E-state index contributed by atoms with van der Waals surface area (Å²) < 4.78 is 74.5. The van der Waals surface area contributed by atoms with Crippen LogP contribution in [0, 0.1) is 0 Å². The van der Waals surface area contributed by atoms with Gasteiger partial charge in [-0.25, -0.2) is 0 Å². The first-order valence-corrected chi connectivity index (χ1v) is 10.9. The number of halogens is 5. The lowest BCUT2D eigenvalue weighted by atomic mass is 10.2. The first-order valence-electron chi connectivity index (χ1n) is 8.95. The molecule has 2 aromatic rings. The van der Waals surface area contributed by atoms with Gasteiger partial charge in [-0.2, -0.15) is 0 Å². The highest BCUT2D eigenvalue weighted by Gasteiger charge is 2.65. The zero-order chi connectivity index (χ0) is 23.3. The zero-order valence-electron chi connectivity index (χ0n) is 17.0. The van der Waals surface area contributed by atoms with E-state index in [1.54, 1.807) is 18.2 Å². The number of carbonyl (C=O) groups is 1. The van der Waals surface area contributed by atoms with Crippen molar-refractivity contribution in [1.29, 1.82) is 0 Å². The number of hydrogen-bond acceptors (Lipinski definition) is 3. The molecule has 170 valence electrons. The Morgan fingerprint density at radius 3 is 2.19 bits per heavy atom. The summed E-state index contributed by atoms with van der Waals surface area (Å²) in [5.41, 5.74) is 1.66. The number of methoxy groups -OCH3 is 1. The van der Waals surface area contributed by atoms with Crippen LogP contribution in [-0.2, 0) is 4.79 Å². The van der Waals surface area contributed by atoms with Crippen LogP contribution in [0.25, 0.3) is 6.08 Å². The monoisotopic (exact) mass is 463 g/mol. The van der Waals surface area contributed by atoms with Crippen molar-refractivity contribution in [2.75, 3.05) is 19.0 Å². The second-order valence-electron chi connectivity index (χ2n) is 6.82. The Morgan fingerprint density at radius 1 is 1.00 bits per heavy atom. The van der Waals surface area contributed by atoms with E-state index >= 15 is 0 Å². The van der Waals surface area contributed by atoms with Gasteiger partial charge >= 0.3 is 10.2 Å². The summed E-state index contributed by atoms with van der Waals surface area (Å²) in [5.74, 6) is 0.324. The van der Waals surface area contributed by atoms with Gasteiger partial charge in [0.25, 0.3) is 0 Å². The summed E-state index contributed by atoms with van der Waals surface area (Å²) in [6.45, 7) is 4.26. The summed E-state index contributed by atoms with van der Waals surface area (Å²) in [6.07, 6.45) is 4.51. The minimum Gasteiger partial charge on any atom is -0.493 e. The lowest BCUT2D eigenvalue weighted by Gasteiger charge is -2.40. The minimum atomic E-state index is -9.74. The molecule has 0 saturated heterocycles. The van der Waals surface area contributed by atoms with Crippen LogP contribution in [0.15, 0.2) is 65.1 Å². The molecule has 10 heteroatoms. The lowest BCUT2D eigenvalue weighted by Crippen LogP contribution is -2.09. The third kappa shape index (κ3) is 7.63. The molecule has 0 spiro atoms. The lowest BCUT2D eigenvalue weighted by molar-refractivity contribution is -0.111. The minimum absolute atomic E-state index is 0.0548. The van der Waals surface area contributed by atoms with Crippen molar-refractivity contribution in [3.8, 4) is 11.5 Å². The Balaban J connectivity index is 2.05. The SMILES string of the molecule is COc1cc(C=CC(=O)Nc2ccc(S(F)(F)(F)(F)F)cc2)ccc1OCC=C(C)C. The number of ether oxygens (including phenoxy) is 2. The van der Waals surface area contributed by atoms with Crippen LogP contribution >= 0.6 is 10.2 Å². The van der Waals surface area contributed by atoms with Crippen molar-refractivity contribution in [2.24, 2.45) is 0 Å². The standard InChI is InChI=1S/C21H22F5NO3S/c1-15(2)12-13-30-19-10-4-16(14-20(19)29-3)5-11-21(28)27-17-6-8-18(9-7-17)31(22,23,24,25)26/h4-12,14H,13H2,1-3H3,(H,27,28). The largest absolute Gasteiger partial charge is 0.493 e. The molecule has 0 unspecified atom stereocenters. The number of nitrogens with one attached hydrogen (secondary N) is 1. The van der Waals surface area contributed by atoms with Gasteiger partial charge in [0.15, 0.2) is 11.5 Å². The highest BCUT2D eigenvalue weighted by atomic mass is 32.5. The normalized spacial score (nSPS) is 13.8. The third-order valence-electron chi connectivity index (χ3n) is 3.91. The van der Waals surface area contributed by atoms with Gasteiger partial charge in [-0.05, 0) is 68.0 Å². The van der Waals surface area contributed by atoms with E-state index in [0.717, 1.165) is 23.8 Å². The van der Waals surface area contributed by atoms with E-state index in [9.17, 15) is 24.2 Å². The number of carbonyl (C=O) groups excluding carboxylic acids is 1. The van der Waals surface area contributed by atoms with Crippen LogP contribution in [0.3, 0.4) is 0 Å². The Labute approximate surface area is 177 Å².